The Bertz CT molecular complexity index is 172. The van der Waals surface area contributed by atoms with Gasteiger partial charge in [0.05, 0.1) is 0 Å². The maximum absolute atomic E-state index is 11.3. The maximum atomic E-state index is 11.3. The Morgan fingerprint density at radius 1 is 1.83 bits per heavy atom. The second-order valence-electron chi connectivity index (χ2n) is 3.58. The first kappa shape index (κ1) is 9.48. The van der Waals surface area contributed by atoms with Gasteiger partial charge in [-0.15, -0.1) is 0 Å². The normalized spacial score (nSPS) is 26.4. The minimum absolute atomic E-state index is 0.183. The van der Waals surface area contributed by atoms with Crippen LogP contribution in [0.2, 0.25) is 0 Å². The van der Waals surface area contributed by atoms with Crippen molar-refractivity contribution >= 4 is 5.91 Å². The van der Waals surface area contributed by atoms with E-state index in [1.54, 1.807) is 5.01 Å². The number of hydrogen-bond donors (Lipinski definition) is 2. The molecule has 0 radical (unpaired) electrons. The van der Waals surface area contributed by atoms with Gasteiger partial charge in [0.15, 0.2) is 0 Å². The van der Waals surface area contributed by atoms with Crippen molar-refractivity contribution in [2.45, 2.75) is 26.3 Å². The Kier molecular flexibility index (Phi) is 3.05. The highest BCUT2D eigenvalue weighted by molar-refractivity contribution is 5.78. The number of carbonyl (C=O) groups excluding carboxylic acids is 1. The molecule has 70 valence electrons. The first-order valence-electron chi connectivity index (χ1n) is 4.40. The Morgan fingerprint density at radius 2 is 2.50 bits per heavy atom. The molecule has 0 aromatic carbocycles. The molecule has 2 atom stereocenters. The molecule has 1 heterocycles. The van der Waals surface area contributed by atoms with Gasteiger partial charge in [-0.05, 0) is 19.4 Å². The zero-order valence-corrected chi connectivity index (χ0v) is 7.71. The molecule has 1 aliphatic rings. The highest BCUT2D eigenvalue weighted by Crippen LogP contribution is 2.08. The van der Waals surface area contributed by atoms with Crippen molar-refractivity contribution in [3.05, 3.63) is 0 Å². The molecule has 2 unspecified atom stereocenters. The molecule has 4 nitrogen and oxygen atoms in total. The number of hydrazine groups is 1. The largest absolute Gasteiger partial charge is 0.330 e. The summed E-state index contributed by atoms with van der Waals surface area (Å²) < 4.78 is 0. The third-order valence-electron chi connectivity index (χ3n) is 2.05. The predicted octanol–water partition coefficient (Wildman–Crippen LogP) is -0.293. The molecule has 0 saturated carbocycles. The molecule has 0 bridgehead atoms. The van der Waals surface area contributed by atoms with Crippen LogP contribution >= 0.6 is 0 Å². The molecule has 0 aliphatic carbocycles. The van der Waals surface area contributed by atoms with Crippen molar-refractivity contribution in [2.24, 2.45) is 11.7 Å². The summed E-state index contributed by atoms with van der Waals surface area (Å²) in [4.78, 5) is 11.3. The van der Waals surface area contributed by atoms with Gasteiger partial charge in [-0.3, -0.25) is 9.80 Å². The van der Waals surface area contributed by atoms with E-state index < -0.39 is 0 Å². The van der Waals surface area contributed by atoms with Crippen molar-refractivity contribution in [1.82, 2.24) is 10.4 Å². The quantitative estimate of drug-likeness (QED) is 0.613. The number of amides is 1. The lowest BCUT2D eigenvalue weighted by atomic mass is 10.2. The first-order chi connectivity index (χ1) is 5.63. The fourth-order valence-electron chi connectivity index (χ4n) is 1.30. The number of nitrogens with two attached hydrogens (primary N) is 1. The summed E-state index contributed by atoms with van der Waals surface area (Å²) in [5.74, 6) is 0.551. The van der Waals surface area contributed by atoms with E-state index in [1.165, 1.54) is 0 Å². The van der Waals surface area contributed by atoms with Gasteiger partial charge >= 0.3 is 0 Å². The van der Waals surface area contributed by atoms with Gasteiger partial charge in [0.25, 0.3) is 0 Å². The first-order valence-corrected chi connectivity index (χ1v) is 4.40. The average molecular weight is 171 g/mol. The van der Waals surface area contributed by atoms with Gasteiger partial charge in [-0.1, -0.05) is 6.92 Å². The Hall–Kier alpha value is -0.610. The lowest BCUT2D eigenvalue weighted by Gasteiger charge is -2.20. The SMILES string of the molecule is CC(CN)CN1NC(C)CC1=O. The minimum Gasteiger partial charge on any atom is -0.330 e. The minimum atomic E-state index is 0.183. The summed E-state index contributed by atoms with van der Waals surface area (Å²) in [7, 11) is 0. The van der Waals surface area contributed by atoms with Crippen LogP contribution in [0.25, 0.3) is 0 Å². The van der Waals surface area contributed by atoms with Crippen LogP contribution in [-0.4, -0.2) is 30.0 Å². The van der Waals surface area contributed by atoms with Gasteiger partial charge in [0.2, 0.25) is 5.91 Å². The van der Waals surface area contributed by atoms with Crippen LogP contribution in [-0.2, 0) is 4.79 Å². The molecule has 3 N–H and O–H groups in total. The topological polar surface area (TPSA) is 58.4 Å². The molecule has 4 heteroatoms. The predicted molar refractivity (Wildman–Crippen MR) is 47.1 cm³/mol. The smallest absolute Gasteiger partial charge is 0.238 e. The van der Waals surface area contributed by atoms with Crippen molar-refractivity contribution in [3.8, 4) is 0 Å². The van der Waals surface area contributed by atoms with Crippen LogP contribution in [0.3, 0.4) is 0 Å². The summed E-state index contributed by atoms with van der Waals surface area (Å²) in [5, 5.41) is 1.68. The van der Waals surface area contributed by atoms with Crippen LogP contribution in [0, 0.1) is 5.92 Å². The van der Waals surface area contributed by atoms with Gasteiger partial charge < -0.3 is 5.73 Å². The monoisotopic (exact) mass is 171 g/mol. The van der Waals surface area contributed by atoms with Gasteiger partial charge in [0, 0.05) is 19.0 Å². The zero-order chi connectivity index (χ0) is 9.14. The highest BCUT2D eigenvalue weighted by atomic mass is 16.2. The molecular formula is C8H17N3O. The van der Waals surface area contributed by atoms with E-state index in [0.29, 0.717) is 18.9 Å². The second kappa shape index (κ2) is 3.87. The lowest BCUT2D eigenvalue weighted by molar-refractivity contribution is -0.130. The zero-order valence-electron chi connectivity index (χ0n) is 7.71. The van der Waals surface area contributed by atoms with Gasteiger partial charge in [0.1, 0.15) is 0 Å². The Morgan fingerprint density at radius 3 is 2.92 bits per heavy atom. The van der Waals surface area contributed by atoms with E-state index in [9.17, 15) is 4.79 Å². The van der Waals surface area contributed by atoms with Gasteiger partial charge in [-0.2, -0.15) is 0 Å². The van der Waals surface area contributed by atoms with Crippen molar-refractivity contribution in [1.29, 1.82) is 0 Å². The summed E-state index contributed by atoms with van der Waals surface area (Å²) in [6.07, 6.45) is 0.608. The van der Waals surface area contributed by atoms with Crippen LogP contribution in [0.1, 0.15) is 20.3 Å². The molecular weight excluding hydrogens is 154 g/mol. The number of nitrogens with zero attached hydrogens (tertiary/aromatic N) is 1. The molecule has 1 rings (SSSR count). The molecule has 1 fully saturated rings. The molecule has 1 amide bonds. The van der Waals surface area contributed by atoms with E-state index in [4.69, 9.17) is 5.73 Å². The molecule has 0 aromatic rings. The number of carbonyl (C=O) groups is 1. The third-order valence-corrected chi connectivity index (χ3v) is 2.05. The summed E-state index contributed by atoms with van der Waals surface area (Å²) in [5.41, 5.74) is 8.56. The van der Waals surface area contributed by atoms with Crippen molar-refractivity contribution in [3.63, 3.8) is 0 Å². The summed E-state index contributed by atoms with van der Waals surface area (Å²) in [6.45, 7) is 5.39. The fourth-order valence-corrected chi connectivity index (χ4v) is 1.30. The summed E-state index contributed by atoms with van der Waals surface area (Å²) >= 11 is 0. The standard InChI is InChI=1S/C8H17N3O/c1-6(4-9)5-11-8(12)3-7(2)10-11/h6-7,10H,3-5,9H2,1-2H3. The van der Waals surface area contributed by atoms with E-state index in [1.807, 2.05) is 13.8 Å². The number of nitrogens with one attached hydrogen (secondary N) is 1. The maximum Gasteiger partial charge on any atom is 0.238 e. The molecule has 1 aliphatic heterocycles. The van der Waals surface area contributed by atoms with Crippen LogP contribution in [0.15, 0.2) is 0 Å². The van der Waals surface area contributed by atoms with Crippen LogP contribution in [0.4, 0.5) is 0 Å². The summed E-state index contributed by atoms with van der Waals surface area (Å²) in [6, 6.07) is 0.280. The molecule has 0 spiro atoms. The number of rotatable bonds is 3. The van der Waals surface area contributed by atoms with E-state index in [-0.39, 0.29) is 11.9 Å². The van der Waals surface area contributed by atoms with Crippen LogP contribution < -0.4 is 11.2 Å². The van der Waals surface area contributed by atoms with Crippen LogP contribution in [0.5, 0.6) is 0 Å². The Balaban J connectivity index is 2.37. The number of hydrogen-bond acceptors (Lipinski definition) is 3. The van der Waals surface area contributed by atoms with Gasteiger partial charge in [-0.25, -0.2) is 5.43 Å². The van der Waals surface area contributed by atoms with Crippen molar-refractivity contribution in [2.75, 3.05) is 13.1 Å². The van der Waals surface area contributed by atoms with E-state index in [0.717, 1.165) is 6.54 Å². The molecule has 12 heavy (non-hydrogen) atoms. The van der Waals surface area contributed by atoms with E-state index >= 15 is 0 Å². The van der Waals surface area contributed by atoms with E-state index in [2.05, 4.69) is 5.43 Å². The second-order valence-corrected chi connectivity index (χ2v) is 3.58. The third kappa shape index (κ3) is 2.19. The molecule has 1 saturated heterocycles. The Labute approximate surface area is 73.1 Å². The molecule has 0 aromatic heterocycles. The van der Waals surface area contributed by atoms with Crippen molar-refractivity contribution < 1.29 is 4.79 Å². The lowest BCUT2D eigenvalue weighted by Crippen LogP contribution is -2.40. The average Bonchev–Trinajstić information content (AvgIpc) is 2.30. The fraction of sp³-hybridized carbons (Fsp3) is 0.875. The highest BCUT2D eigenvalue weighted by Gasteiger charge is 2.26.